The molecule has 0 aliphatic heterocycles. The van der Waals surface area contributed by atoms with E-state index >= 15 is 0 Å². The van der Waals surface area contributed by atoms with E-state index in [9.17, 15) is 10.1 Å². The van der Waals surface area contributed by atoms with Crippen LogP contribution < -0.4 is 9.47 Å². The van der Waals surface area contributed by atoms with E-state index in [4.69, 9.17) is 21.1 Å². The molecular formula is C13H12ClN3O4. The average Bonchev–Trinajstić information content (AvgIpc) is 2.44. The Morgan fingerprint density at radius 3 is 2.52 bits per heavy atom. The van der Waals surface area contributed by atoms with Crippen molar-refractivity contribution in [3.8, 4) is 17.4 Å². The molecule has 7 nitrogen and oxygen atoms in total. The number of hydrogen-bond donors (Lipinski definition) is 0. The summed E-state index contributed by atoms with van der Waals surface area (Å²) in [5.74, 6) is 0.389. The molecule has 2 rings (SSSR count). The Kier molecular flexibility index (Phi) is 4.23. The van der Waals surface area contributed by atoms with Gasteiger partial charge < -0.3 is 9.47 Å². The second kappa shape index (κ2) is 5.92. The molecule has 0 aliphatic carbocycles. The van der Waals surface area contributed by atoms with Crippen LogP contribution in [0.2, 0.25) is 5.15 Å². The van der Waals surface area contributed by atoms with Gasteiger partial charge in [0.25, 0.3) is 5.88 Å². The summed E-state index contributed by atoms with van der Waals surface area (Å²) in [4.78, 5) is 18.7. The largest absolute Gasteiger partial charge is 0.496 e. The number of nitrogens with zero attached hydrogens (tertiary/aromatic N) is 3. The zero-order valence-corrected chi connectivity index (χ0v) is 12.3. The van der Waals surface area contributed by atoms with E-state index in [-0.39, 0.29) is 22.5 Å². The van der Waals surface area contributed by atoms with Crippen LogP contribution in [0, 0.1) is 24.0 Å². The molecule has 0 spiro atoms. The molecule has 0 atom stereocenters. The molecule has 0 radical (unpaired) electrons. The third-order valence-electron chi connectivity index (χ3n) is 2.80. The molecule has 0 amide bonds. The maximum absolute atomic E-state index is 11.1. The standard InChI is InChI=1S/C13H12ClN3O4/c1-7-8(2)16-13(12(14)15-7)21-11-5-4-9(20-3)6-10(11)17(18)19/h4-6H,1-3H3. The van der Waals surface area contributed by atoms with Gasteiger partial charge >= 0.3 is 5.69 Å². The summed E-state index contributed by atoms with van der Waals surface area (Å²) in [5, 5.41) is 11.1. The first kappa shape index (κ1) is 15.0. The summed E-state index contributed by atoms with van der Waals surface area (Å²) in [6.45, 7) is 3.50. The minimum absolute atomic E-state index is 0.0141. The first-order valence-electron chi connectivity index (χ1n) is 5.93. The molecule has 0 saturated heterocycles. The lowest BCUT2D eigenvalue weighted by atomic mass is 10.3. The fraction of sp³-hybridized carbons (Fsp3) is 0.231. The van der Waals surface area contributed by atoms with Gasteiger partial charge in [0.2, 0.25) is 5.75 Å². The van der Waals surface area contributed by atoms with Crippen molar-refractivity contribution in [1.29, 1.82) is 0 Å². The van der Waals surface area contributed by atoms with Gasteiger partial charge in [-0.3, -0.25) is 10.1 Å². The van der Waals surface area contributed by atoms with E-state index in [0.717, 1.165) is 0 Å². The van der Waals surface area contributed by atoms with Gasteiger partial charge in [-0.25, -0.2) is 9.97 Å². The van der Waals surface area contributed by atoms with Crippen molar-refractivity contribution >= 4 is 17.3 Å². The summed E-state index contributed by atoms with van der Waals surface area (Å²) in [7, 11) is 1.42. The Bertz CT molecular complexity index is 706. The molecule has 1 aromatic carbocycles. The van der Waals surface area contributed by atoms with Crippen molar-refractivity contribution < 1.29 is 14.4 Å². The highest BCUT2D eigenvalue weighted by molar-refractivity contribution is 6.30. The van der Waals surface area contributed by atoms with Crippen molar-refractivity contribution in [2.75, 3.05) is 7.11 Å². The van der Waals surface area contributed by atoms with Gasteiger partial charge in [-0.05, 0) is 26.0 Å². The zero-order chi connectivity index (χ0) is 15.6. The van der Waals surface area contributed by atoms with Crippen molar-refractivity contribution in [3.63, 3.8) is 0 Å². The highest BCUT2D eigenvalue weighted by Gasteiger charge is 2.19. The van der Waals surface area contributed by atoms with Gasteiger partial charge in [-0.2, -0.15) is 0 Å². The third-order valence-corrected chi connectivity index (χ3v) is 3.05. The van der Waals surface area contributed by atoms with Crippen LogP contribution in [0.3, 0.4) is 0 Å². The highest BCUT2D eigenvalue weighted by Crippen LogP contribution is 2.35. The lowest BCUT2D eigenvalue weighted by Gasteiger charge is -2.09. The van der Waals surface area contributed by atoms with Crippen LogP contribution in [0.25, 0.3) is 0 Å². The van der Waals surface area contributed by atoms with Crippen LogP contribution in [-0.4, -0.2) is 22.0 Å². The SMILES string of the molecule is COc1ccc(Oc2nc(C)c(C)nc2Cl)c([N+](=O)[O-])c1. The normalized spacial score (nSPS) is 10.3. The van der Waals surface area contributed by atoms with Gasteiger partial charge in [0.1, 0.15) is 5.75 Å². The van der Waals surface area contributed by atoms with Crippen molar-refractivity contribution in [3.05, 3.63) is 44.9 Å². The van der Waals surface area contributed by atoms with Gasteiger partial charge in [0.05, 0.1) is 29.5 Å². The van der Waals surface area contributed by atoms with Crippen LogP contribution in [0.1, 0.15) is 11.4 Å². The van der Waals surface area contributed by atoms with E-state index in [1.54, 1.807) is 19.9 Å². The predicted molar refractivity (Wildman–Crippen MR) is 76.2 cm³/mol. The average molecular weight is 310 g/mol. The van der Waals surface area contributed by atoms with Crippen molar-refractivity contribution in [2.24, 2.45) is 0 Å². The fourth-order valence-electron chi connectivity index (χ4n) is 1.58. The molecule has 0 N–H and O–H groups in total. The third kappa shape index (κ3) is 3.19. The molecule has 21 heavy (non-hydrogen) atoms. The minimum Gasteiger partial charge on any atom is -0.496 e. The Hall–Kier alpha value is -2.41. The Labute approximate surface area is 125 Å². The molecule has 1 aromatic heterocycles. The minimum atomic E-state index is -0.569. The topological polar surface area (TPSA) is 87.4 Å². The number of aromatic nitrogens is 2. The van der Waals surface area contributed by atoms with Crippen molar-refractivity contribution in [2.45, 2.75) is 13.8 Å². The maximum atomic E-state index is 11.1. The number of methoxy groups -OCH3 is 1. The first-order chi connectivity index (χ1) is 9.92. The molecule has 0 fully saturated rings. The maximum Gasteiger partial charge on any atom is 0.315 e. The molecule has 0 bridgehead atoms. The Morgan fingerprint density at radius 2 is 1.90 bits per heavy atom. The molecule has 2 aromatic rings. The number of benzene rings is 1. The highest BCUT2D eigenvalue weighted by atomic mass is 35.5. The van der Waals surface area contributed by atoms with Crippen LogP contribution in [0.5, 0.6) is 17.4 Å². The summed E-state index contributed by atoms with van der Waals surface area (Å²) in [5.41, 5.74) is 1.05. The van der Waals surface area contributed by atoms with Crippen LogP contribution in [-0.2, 0) is 0 Å². The number of hydrogen-bond acceptors (Lipinski definition) is 6. The van der Waals surface area contributed by atoms with Crippen molar-refractivity contribution in [1.82, 2.24) is 9.97 Å². The summed E-state index contributed by atoms with van der Waals surface area (Å²) in [6.07, 6.45) is 0. The molecular weight excluding hydrogens is 298 g/mol. The lowest BCUT2D eigenvalue weighted by molar-refractivity contribution is -0.385. The number of nitro benzene ring substituents is 1. The first-order valence-corrected chi connectivity index (χ1v) is 6.31. The molecule has 0 unspecified atom stereocenters. The van der Waals surface area contributed by atoms with Gasteiger partial charge in [-0.1, -0.05) is 11.6 Å². The summed E-state index contributed by atoms with van der Waals surface area (Å²) < 4.78 is 10.4. The molecule has 110 valence electrons. The number of halogens is 1. The Balaban J connectivity index is 2.44. The number of nitro groups is 1. The fourth-order valence-corrected chi connectivity index (χ4v) is 1.79. The molecule has 1 heterocycles. The van der Waals surface area contributed by atoms with E-state index < -0.39 is 4.92 Å². The molecule has 0 saturated carbocycles. The molecule has 0 aliphatic rings. The van der Waals surface area contributed by atoms with Gasteiger partial charge in [0.15, 0.2) is 5.15 Å². The van der Waals surface area contributed by atoms with E-state index in [0.29, 0.717) is 17.1 Å². The van der Waals surface area contributed by atoms with E-state index in [1.807, 2.05) is 0 Å². The summed E-state index contributed by atoms with van der Waals surface area (Å²) in [6, 6.07) is 4.23. The van der Waals surface area contributed by atoms with Crippen LogP contribution >= 0.6 is 11.6 Å². The zero-order valence-electron chi connectivity index (χ0n) is 11.6. The summed E-state index contributed by atoms with van der Waals surface area (Å²) >= 11 is 5.95. The molecule has 8 heteroatoms. The predicted octanol–water partition coefficient (Wildman–Crippen LogP) is 3.46. The number of rotatable bonds is 4. The van der Waals surface area contributed by atoms with Crippen LogP contribution in [0.15, 0.2) is 18.2 Å². The number of aryl methyl sites for hydroxylation is 2. The second-order valence-corrected chi connectivity index (χ2v) is 4.54. The quantitative estimate of drug-likeness (QED) is 0.635. The monoisotopic (exact) mass is 309 g/mol. The van der Waals surface area contributed by atoms with Crippen LogP contribution in [0.4, 0.5) is 5.69 Å². The second-order valence-electron chi connectivity index (χ2n) is 4.18. The lowest BCUT2D eigenvalue weighted by Crippen LogP contribution is -1.99. The van der Waals surface area contributed by atoms with Gasteiger partial charge in [0, 0.05) is 0 Å². The smallest absolute Gasteiger partial charge is 0.315 e. The van der Waals surface area contributed by atoms with E-state index in [2.05, 4.69) is 9.97 Å². The Morgan fingerprint density at radius 1 is 1.24 bits per heavy atom. The number of ether oxygens (including phenoxy) is 2. The van der Waals surface area contributed by atoms with E-state index in [1.165, 1.54) is 19.2 Å². The van der Waals surface area contributed by atoms with Gasteiger partial charge in [-0.15, -0.1) is 0 Å².